The summed E-state index contributed by atoms with van der Waals surface area (Å²) in [5, 5.41) is 2.49. The third-order valence-electron chi connectivity index (χ3n) is 3.90. The Balaban J connectivity index is 2.13. The van der Waals surface area contributed by atoms with Crippen molar-refractivity contribution in [1.29, 1.82) is 0 Å². The minimum atomic E-state index is -3.54. The predicted molar refractivity (Wildman–Crippen MR) is 107 cm³/mol. The molecule has 140 valence electrons. The molecular weight excluding hydrogens is 368 g/mol. The molecule has 2 aromatic carbocycles. The van der Waals surface area contributed by atoms with Gasteiger partial charge in [0.1, 0.15) is 0 Å². The largest absolute Gasteiger partial charge is 0.325 e. The molecule has 0 aliphatic carbocycles. The molecule has 0 aliphatic heterocycles. The van der Waals surface area contributed by atoms with Gasteiger partial charge in [0, 0.05) is 24.7 Å². The fourth-order valence-electron chi connectivity index (χ4n) is 2.27. The first kappa shape index (κ1) is 20.5. The van der Waals surface area contributed by atoms with E-state index in [0.29, 0.717) is 5.69 Å². The smallest absolute Gasteiger partial charge is 0.242 e. The van der Waals surface area contributed by atoms with Crippen LogP contribution in [0.1, 0.15) is 18.1 Å². The predicted octanol–water partition coefficient (Wildman–Crippen LogP) is 3.67. The standard InChI is InChI=1S/C19H24N2O3S2/c1-13-9-10-14(2)18(11-13)25-15(3)19(22)20-16-7-6-8-17(12-16)26(23,24)21(4)5/h6-12,15H,1-5H3,(H,20,22). The van der Waals surface area contributed by atoms with Crippen molar-refractivity contribution in [3.8, 4) is 0 Å². The number of carbonyl (C=O) groups excluding carboxylic acids is 1. The number of benzene rings is 2. The van der Waals surface area contributed by atoms with E-state index >= 15 is 0 Å². The van der Waals surface area contributed by atoms with Gasteiger partial charge in [0.25, 0.3) is 0 Å². The summed E-state index contributed by atoms with van der Waals surface area (Å²) in [7, 11) is -0.586. The Hall–Kier alpha value is -1.83. The number of nitrogens with one attached hydrogen (secondary N) is 1. The van der Waals surface area contributed by atoms with E-state index in [0.717, 1.165) is 20.3 Å². The summed E-state index contributed by atoms with van der Waals surface area (Å²) in [6, 6.07) is 12.4. The Labute approximate surface area is 159 Å². The van der Waals surface area contributed by atoms with Crippen LogP contribution in [0.4, 0.5) is 5.69 Å². The van der Waals surface area contributed by atoms with Crippen molar-refractivity contribution in [1.82, 2.24) is 4.31 Å². The van der Waals surface area contributed by atoms with E-state index in [1.807, 2.05) is 32.9 Å². The number of amides is 1. The fourth-order valence-corrected chi connectivity index (χ4v) is 4.27. The SMILES string of the molecule is Cc1ccc(C)c(SC(C)C(=O)Nc2cccc(S(=O)(=O)N(C)C)c2)c1. The summed E-state index contributed by atoms with van der Waals surface area (Å²) in [4.78, 5) is 13.7. The maximum Gasteiger partial charge on any atom is 0.242 e. The lowest BCUT2D eigenvalue weighted by Crippen LogP contribution is -2.24. The quantitative estimate of drug-likeness (QED) is 0.762. The third kappa shape index (κ3) is 4.87. The molecular formula is C19H24N2O3S2. The van der Waals surface area contributed by atoms with Crippen LogP contribution in [-0.4, -0.2) is 38.0 Å². The van der Waals surface area contributed by atoms with E-state index in [1.54, 1.807) is 12.1 Å². The second-order valence-electron chi connectivity index (χ2n) is 6.33. The lowest BCUT2D eigenvalue weighted by Gasteiger charge is -2.15. The summed E-state index contributed by atoms with van der Waals surface area (Å²) < 4.78 is 25.6. The first-order chi connectivity index (χ1) is 12.1. The van der Waals surface area contributed by atoms with Crippen LogP contribution in [0.15, 0.2) is 52.3 Å². The zero-order chi connectivity index (χ0) is 19.5. The van der Waals surface area contributed by atoms with Crippen LogP contribution in [-0.2, 0) is 14.8 Å². The molecule has 0 saturated carbocycles. The first-order valence-corrected chi connectivity index (χ1v) is 10.5. The van der Waals surface area contributed by atoms with Crippen LogP contribution in [0.3, 0.4) is 0 Å². The van der Waals surface area contributed by atoms with Gasteiger partial charge >= 0.3 is 0 Å². The van der Waals surface area contributed by atoms with Gasteiger partial charge in [0.05, 0.1) is 10.1 Å². The number of hydrogen-bond acceptors (Lipinski definition) is 4. The molecule has 2 aromatic rings. The van der Waals surface area contributed by atoms with Gasteiger partial charge in [0.15, 0.2) is 0 Å². The normalized spacial score (nSPS) is 12.8. The van der Waals surface area contributed by atoms with E-state index in [4.69, 9.17) is 0 Å². The summed E-state index contributed by atoms with van der Waals surface area (Å²) in [6.45, 7) is 5.87. The molecule has 7 heteroatoms. The second-order valence-corrected chi connectivity index (χ2v) is 9.87. The molecule has 1 N–H and O–H groups in total. The monoisotopic (exact) mass is 392 g/mol. The van der Waals surface area contributed by atoms with Gasteiger partial charge in [-0.3, -0.25) is 4.79 Å². The average molecular weight is 393 g/mol. The number of thioether (sulfide) groups is 1. The molecule has 5 nitrogen and oxygen atoms in total. The number of aryl methyl sites for hydroxylation is 2. The Morgan fingerprint density at radius 3 is 2.46 bits per heavy atom. The number of sulfonamides is 1. The molecule has 1 unspecified atom stereocenters. The number of nitrogens with zero attached hydrogens (tertiary/aromatic N) is 1. The lowest BCUT2D eigenvalue weighted by molar-refractivity contribution is -0.115. The van der Waals surface area contributed by atoms with Crippen LogP contribution >= 0.6 is 11.8 Å². The zero-order valence-corrected chi connectivity index (χ0v) is 17.2. The van der Waals surface area contributed by atoms with Gasteiger partial charge < -0.3 is 5.32 Å². The van der Waals surface area contributed by atoms with Crippen molar-refractivity contribution >= 4 is 33.4 Å². The van der Waals surface area contributed by atoms with Crippen LogP contribution in [0, 0.1) is 13.8 Å². The Morgan fingerprint density at radius 2 is 1.81 bits per heavy atom. The van der Waals surface area contributed by atoms with Crippen LogP contribution < -0.4 is 5.32 Å². The van der Waals surface area contributed by atoms with Gasteiger partial charge in [0.2, 0.25) is 15.9 Å². The molecule has 0 spiro atoms. The highest BCUT2D eigenvalue weighted by atomic mass is 32.2. The average Bonchev–Trinajstić information content (AvgIpc) is 2.58. The van der Waals surface area contributed by atoms with Gasteiger partial charge in [-0.05, 0) is 50.6 Å². The first-order valence-electron chi connectivity index (χ1n) is 8.18. The van der Waals surface area contributed by atoms with Gasteiger partial charge in [-0.15, -0.1) is 11.8 Å². The highest BCUT2D eigenvalue weighted by molar-refractivity contribution is 8.00. The Bertz CT molecular complexity index is 909. The van der Waals surface area contributed by atoms with E-state index in [9.17, 15) is 13.2 Å². The lowest BCUT2D eigenvalue weighted by atomic mass is 10.2. The molecule has 26 heavy (non-hydrogen) atoms. The van der Waals surface area contributed by atoms with Crippen molar-refractivity contribution in [3.05, 3.63) is 53.6 Å². The van der Waals surface area contributed by atoms with Crippen molar-refractivity contribution in [3.63, 3.8) is 0 Å². The van der Waals surface area contributed by atoms with E-state index in [-0.39, 0.29) is 16.1 Å². The van der Waals surface area contributed by atoms with Crippen molar-refractivity contribution in [2.75, 3.05) is 19.4 Å². The molecule has 2 rings (SSSR count). The van der Waals surface area contributed by atoms with E-state index < -0.39 is 10.0 Å². The molecule has 0 fully saturated rings. The topological polar surface area (TPSA) is 66.5 Å². The van der Waals surface area contributed by atoms with Gasteiger partial charge in [-0.2, -0.15) is 0 Å². The number of rotatable bonds is 6. The maximum atomic E-state index is 12.5. The van der Waals surface area contributed by atoms with Crippen molar-refractivity contribution < 1.29 is 13.2 Å². The van der Waals surface area contributed by atoms with Crippen molar-refractivity contribution in [2.24, 2.45) is 0 Å². The number of anilines is 1. The molecule has 0 bridgehead atoms. The highest BCUT2D eigenvalue weighted by Crippen LogP contribution is 2.28. The zero-order valence-electron chi connectivity index (χ0n) is 15.6. The minimum absolute atomic E-state index is 0.148. The van der Waals surface area contributed by atoms with E-state index in [1.165, 1.54) is 38.0 Å². The number of hydrogen-bond donors (Lipinski definition) is 1. The maximum absolute atomic E-state index is 12.5. The summed E-state index contributed by atoms with van der Waals surface area (Å²) in [6.07, 6.45) is 0. The highest BCUT2D eigenvalue weighted by Gasteiger charge is 2.19. The van der Waals surface area contributed by atoms with E-state index in [2.05, 4.69) is 11.4 Å². The van der Waals surface area contributed by atoms with Crippen LogP contribution in [0.25, 0.3) is 0 Å². The summed E-state index contributed by atoms with van der Waals surface area (Å²) in [5.41, 5.74) is 2.73. The van der Waals surface area contributed by atoms with Gasteiger partial charge in [-0.25, -0.2) is 12.7 Å². The van der Waals surface area contributed by atoms with Gasteiger partial charge in [-0.1, -0.05) is 23.8 Å². The Morgan fingerprint density at radius 1 is 1.12 bits per heavy atom. The molecule has 0 aliphatic rings. The second kappa shape index (κ2) is 8.24. The number of carbonyl (C=O) groups is 1. The molecule has 0 heterocycles. The summed E-state index contributed by atoms with van der Waals surface area (Å²) >= 11 is 1.49. The minimum Gasteiger partial charge on any atom is -0.325 e. The van der Waals surface area contributed by atoms with Crippen LogP contribution in [0.5, 0.6) is 0 Å². The van der Waals surface area contributed by atoms with Crippen LogP contribution in [0.2, 0.25) is 0 Å². The molecule has 0 radical (unpaired) electrons. The van der Waals surface area contributed by atoms with Crippen molar-refractivity contribution in [2.45, 2.75) is 35.8 Å². The Kier molecular flexibility index (Phi) is 6.49. The molecule has 0 aromatic heterocycles. The summed E-state index contributed by atoms with van der Waals surface area (Å²) in [5.74, 6) is -0.171. The molecule has 1 amide bonds. The molecule has 0 saturated heterocycles. The fraction of sp³-hybridized carbons (Fsp3) is 0.316. The third-order valence-corrected chi connectivity index (χ3v) is 6.97. The molecule has 1 atom stereocenters.